The molecule has 1 aliphatic heterocycles. The van der Waals surface area contributed by atoms with Crippen molar-refractivity contribution < 1.29 is 9.90 Å². The molecule has 3 aliphatic rings. The van der Waals surface area contributed by atoms with E-state index in [9.17, 15) is 4.79 Å². The summed E-state index contributed by atoms with van der Waals surface area (Å²) >= 11 is 0. The minimum atomic E-state index is -0.646. The van der Waals surface area contributed by atoms with Gasteiger partial charge < -0.3 is 15.3 Å². The van der Waals surface area contributed by atoms with Gasteiger partial charge in [-0.2, -0.15) is 0 Å². The maximum absolute atomic E-state index is 10.9. The van der Waals surface area contributed by atoms with Crippen LogP contribution in [-0.2, 0) is 4.79 Å². The van der Waals surface area contributed by atoms with E-state index in [1.807, 2.05) is 0 Å². The Hall–Kier alpha value is -1.85. The van der Waals surface area contributed by atoms with E-state index in [4.69, 9.17) is 5.11 Å². The zero-order valence-electron chi connectivity index (χ0n) is 14.0. The average Bonchev–Trinajstić information content (AvgIpc) is 3.38. The van der Waals surface area contributed by atoms with Crippen LogP contribution in [0.2, 0.25) is 0 Å². The maximum Gasteiger partial charge on any atom is 0.303 e. The lowest BCUT2D eigenvalue weighted by Crippen LogP contribution is -2.43. The monoisotopic (exact) mass is 330 g/mol. The number of aliphatic carboxylic acids is 1. The largest absolute Gasteiger partial charge is 0.481 e. The molecule has 2 saturated carbocycles. The van der Waals surface area contributed by atoms with Crippen LogP contribution < -0.4 is 10.2 Å². The lowest BCUT2D eigenvalue weighted by atomic mass is 9.70. The van der Waals surface area contributed by atoms with Gasteiger partial charge in [0.05, 0.1) is 0 Å². The van der Waals surface area contributed by atoms with Gasteiger partial charge in [-0.25, -0.2) is 9.97 Å². The molecular weight excluding hydrogens is 304 g/mol. The van der Waals surface area contributed by atoms with Crippen LogP contribution >= 0.6 is 0 Å². The third kappa shape index (κ3) is 3.62. The van der Waals surface area contributed by atoms with Crippen molar-refractivity contribution in [2.45, 2.75) is 51.0 Å². The Kier molecular flexibility index (Phi) is 4.29. The van der Waals surface area contributed by atoms with Gasteiger partial charge in [0, 0.05) is 31.6 Å². The zero-order valence-corrected chi connectivity index (χ0v) is 14.0. The van der Waals surface area contributed by atoms with Crippen molar-refractivity contribution in [3.05, 3.63) is 12.4 Å². The van der Waals surface area contributed by atoms with Crippen molar-refractivity contribution in [1.29, 1.82) is 0 Å². The molecule has 24 heavy (non-hydrogen) atoms. The van der Waals surface area contributed by atoms with E-state index in [0.717, 1.165) is 50.4 Å². The lowest BCUT2D eigenvalue weighted by Gasteiger charge is -2.43. The normalized spacial score (nSPS) is 29.8. The Morgan fingerprint density at radius 1 is 1.21 bits per heavy atom. The van der Waals surface area contributed by atoms with E-state index >= 15 is 0 Å². The third-order valence-electron chi connectivity index (χ3n) is 5.84. The molecule has 3 atom stereocenters. The van der Waals surface area contributed by atoms with Crippen molar-refractivity contribution in [3.63, 3.8) is 0 Å². The lowest BCUT2D eigenvalue weighted by molar-refractivity contribution is -0.138. The first kappa shape index (κ1) is 15.7. The third-order valence-corrected chi connectivity index (χ3v) is 5.84. The molecule has 2 N–H and O–H groups in total. The number of nitrogens with one attached hydrogen (secondary N) is 1. The number of anilines is 2. The highest BCUT2D eigenvalue weighted by Crippen LogP contribution is 2.41. The van der Waals surface area contributed by atoms with Gasteiger partial charge in [-0.15, -0.1) is 0 Å². The molecule has 6 heteroatoms. The van der Waals surface area contributed by atoms with Gasteiger partial charge in [0.15, 0.2) is 0 Å². The fourth-order valence-electron chi connectivity index (χ4n) is 4.39. The number of nitrogens with zero attached hydrogens (tertiary/aromatic N) is 3. The summed E-state index contributed by atoms with van der Waals surface area (Å²) in [6.45, 7) is 2.06. The molecule has 0 aromatic carbocycles. The molecule has 0 bridgehead atoms. The number of hydrogen-bond donors (Lipinski definition) is 2. The molecule has 6 nitrogen and oxygen atoms in total. The smallest absolute Gasteiger partial charge is 0.303 e. The molecule has 0 spiro atoms. The first-order chi connectivity index (χ1) is 11.7. The van der Waals surface area contributed by atoms with Crippen molar-refractivity contribution in [2.24, 2.45) is 17.8 Å². The fourth-order valence-corrected chi connectivity index (χ4v) is 4.39. The van der Waals surface area contributed by atoms with Crippen molar-refractivity contribution >= 4 is 17.6 Å². The standard InChI is InChI=1S/C18H26N4O2/c23-18(24)8-12-1-2-14-10-22(6-5-13(14)7-12)17-9-16(19-11-20-17)21-15-3-4-15/h9,11-15H,1-8,10H2,(H,23,24)(H,19,20,21). The second-order valence-electron chi connectivity index (χ2n) is 7.71. The van der Waals surface area contributed by atoms with E-state index in [2.05, 4.69) is 26.3 Å². The first-order valence-electron chi connectivity index (χ1n) is 9.22. The minimum absolute atomic E-state index is 0.342. The van der Waals surface area contributed by atoms with Crippen LogP contribution in [0.25, 0.3) is 0 Å². The summed E-state index contributed by atoms with van der Waals surface area (Å²) in [5.41, 5.74) is 0. The topological polar surface area (TPSA) is 78.4 Å². The number of carboxylic acids is 1. The van der Waals surface area contributed by atoms with Crippen LogP contribution in [0.1, 0.15) is 44.9 Å². The van der Waals surface area contributed by atoms with Gasteiger partial charge in [-0.3, -0.25) is 4.79 Å². The van der Waals surface area contributed by atoms with Gasteiger partial charge >= 0.3 is 5.97 Å². The number of carboxylic acid groups (broad SMARTS) is 1. The molecule has 4 rings (SSSR count). The van der Waals surface area contributed by atoms with E-state index in [1.165, 1.54) is 12.8 Å². The summed E-state index contributed by atoms with van der Waals surface area (Å²) < 4.78 is 0. The number of piperidine rings is 1. The summed E-state index contributed by atoms with van der Waals surface area (Å²) in [6.07, 6.45) is 8.93. The van der Waals surface area contributed by atoms with Crippen molar-refractivity contribution in [3.8, 4) is 0 Å². The summed E-state index contributed by atoms with van der Waals surface area (Å²) in [4.78, 5) is 22.1. The van der Waals surface area contributed by atoms with Gasteiger partial charge in [0.2, 0.25) is 0 Å². The molecule has 3 fully saturated rings. The average molecular weight is 330 g/mol. The van der Waals surface area contributed by atoms with Crippen LogP contribution in [0.3, 0.4) is 0 Å². The van der Waals surface area contributed by atoms with Crippen LogP contribution in [0.15, 0.2) is 12.4 Å². The van der Waals surface area contributed by atoms with Crippen LogP contribution in [-0.4, -0.2) is 40.2 Å². The van der Waals surface area contributed by atoms with Crippen LogP contribution in [0.5, 0.6) is 0 Å². The molecule has 0 amide bonds. The number of rotatable bonds is 5. The van der Waals surface area contributed by atoms with E-state index in [-0.39, 0.29) is 0 Å². The van der Waals surface area contributed by atoms with E-state index in [0.29, 0.717) is 30.2 Å². The summed E-state index contributed by atoms with van der Waals surface area (Å²) in [5, 5.41) is 12.5. The fraction of sp³-hybridized carbons (Fsp3) is 0.722. The predicted molar refractivity (Wildman–Crippen MR) is 92.1 cm³/mol. The molecule has 1 aromatic heterocycles. The van der Waals surface area contributed by atoms with Crippen molar-refractivity contribution in [2.75, 3.05) is 23.3 Å². The van der Waals surface area contributed by atoms with Gasteiger partial charge in [0.1, 0.15) is 18.0 Å². The Bertz CT molecular complexity index is 604. The predicted octanol–water partition coefficient (Wildman–Crippen LogP) is 2.77. The molecule has 1 aromatic rings. The highest BCUT2D eigenvalue weighted by molar-refractivity contribution is 5.67. The molecule has 2 aliphatic carbocycles. The van der Waals surface area contributed by atoms with Crippen molar-refractivity contribution in [1.82, 2.24) is 9.97 Å². The Balaban J connectivity index is 1.37. The number of carbonyl (C=O) groups is 1. The minimum Gasteiger partial charge on any atom is -0.481 e. The SMILES string of the molecule is O=C(O)CC1CCC2CN(c3cc(NC4CC4)ncn3)CCC2C1. The molecule has 1 saturated heterocycles. The molecule has 3 unspecified atom stereocenters. The zero-order chi connectivity index (χ0) is 16.5. The number of fused-ring (bicyclic) bond motifs is 1. The Labute approximate surface area is 142 Å². The Morgan fingerprint density at radius 3 is 2.88 bits per heavy atom. The van der Waals surface area contributed by atoms with Gasteiger partial charge in [-0.1, -0.05) is 0 Å². The molecular formula is C18H26N4O2. The maximum atomic E-state index is 10.9. The first-order valence-corrected chi connectivity index (χ1v) is 9.22. The highest BCUT2D eigenvalue weighted by Gasteiger charge is 2.35. The van der Waals surface area contributed by atoms with E-state index < -0.39 is 5.97 Å². The molecule has 2 heterocycles. The molecule has 0 radical (unpaired) electrons. The van der Waals surface area contributed by atoms with Gasteiger partial charge in [-0.05, 0) is 56.3 Å². The number of aromatic nitrogens is 2. The second-order valence-corrected chi connectivity index (χ2v) is 7.71. The number of hydrogen-bond acceptors (Lipinski definition) is 5. The second kappa shape index (κ2) is 6.57. The molecule has 130 valence electrons. The van der Waals surface area contributed by atoms with Crippen LogP contribution in [0, 0.1) is 17.8 Å². The highest BCUT2D eigenvalue weighted by atomic mass is 16.4. The quantitative estimate of drug-likeness (QED) is 0.864. The Morgan fingerprint density at radius 2 is 2.08 bits per heavy atom. The summed E-state index contributed by atoms with van der Waals surface area (Å²) in [7, 11) is 0. The summed E-state index contributed by atoms with van der Waals surface area (Å²) in [6, 6.07) is 2.68. The van der Waals surface area contributed by atoms with E-state index in [1.54, 1.807) is 6.33 Å². The summed E-state index contributed by atoms with van der Waals surface area (Å²) in [5.74, 6) is 3.06. The van der Waals surface area contributed by atoms with Crippen LogP contribution in [0.4, 0.5) is 11.6 Å². The van der Waals surface area contributed by atoms with Gasteiger partial charge in [0.25, 0.3) is 0 Å².